The first-order chi connectivity index (χ1) is 7.81. The minimum Gasteiger partial charge on any atom is -0.503 e. The van der Waals surface area contributed by atoms with Gasteiger partial charge in [-0.25, -0.2) is 0 Å². The molecular formula is C16H20Zr. The Balaban J connectivity index is 0. The van der Waals surface area contributed by atoms with Crippen LogP contribution in [-0.4, -0.2) is 0 Å². The van der Waals surface area contributed by atoms with Crippen molar-refractivity contribution >= 4 is 0 Å². The summed E-state index contributed by atoms with van der Waals surface area (Å²) in [7, 11) is 0. The Hall–Kier alpha value is 0.623. The molecule has 0 nitrogen and oxygen atoms in total. The van der Waals surface area contributed by atoms with Gasteiger partial charge < -0.3 is 13.0 Å². The van der Waals surface area contributed by atoms with Gasteiger partial charge in [0.25, 0.3) is 0 Å². The summed E-state index contributed by atoms with van der Waals surface area (Å²) in [6, 6.07) is 0. The standard InChI is InChI=1S/C6H10.2C5H5.Zr/c1-4-6(3)5-2;2*1-2-4-5-3-1;/h1,4H2,2-3H3;2*1-5H;/q-2;;;+2. The Morgan fingerprint density at radius 1 is 0.824 bits per heavy atom. The van der Waals surface area contributed by atoms with E-state index in [1.54, 1.807) is 0 Å². The van der Waals surface area contributed by atoms with Gasteiger partial charge in [0.1, 0.15) is 0 Å². The summed E-state index contributed by atoms with van der Waals surface area (Å²) in [5.41, 5.74) is 1.23. The average molecular weight is 304 g/mol. The third kappa shape index (κ3) is 16.6. The second kappa shape index (κ2) is 16.6. The summed E-state index contributed by atoms with van der Waals surface area (Å²) < 4.78 is 0. The third-order valence-corrected chi connectivity index (χ3v) is 1.91. The zero-order chi connectivity index (χ0) is 12.1. The van der Waals surface area contributed by atoms with Gasteiger partial charge in [0.2, 0.25) is 0 Å². The van der Waals surface area contributed by atoms with Crippen LogP contribution in [0.15, 0.2) is 5.57 Å². The van der Waals surface area contributed by atoms with E-state index in [0.717, 1.165) is 6.42 Å². The zero-order valence-electron chi connectivity index (χ0n) is 10.7. The first-order valence-corrected chi connectivity index (χ1v) is 5.44. The molecule has 17 heavy (non-hydrogen) atoms. The summed E-state index contributed by atoms with van der Waals surface area (Å²) in [4.78, 5) is 0. The molecule has 0 aromatic carbocycles. The van der Waals surface area contributed by atoms with E-state index in [0.29, 0.717) is 0 Å². The average Bonchev–Trinajstić information content (AvgIpc) is 3.03. The number of hydrogen-bond donors (Lipinski definition) is 0. The molecule has 0 N–H and O–H groups in total. The maximum absolute atomic E-state index is 3.66. The fraction of sp³-hybridized carbons (Fsp3) is 0.188. The van der Waals surface area contributed by atoms with E-state index < -0.39 is 0 Å². The van der Waals surface area contributed by atoms with Crippen molar-refractivity contribution in [2.24, 2.45) is 0 Å². The van der Waals surface area contributed by atoms with Crippen molar-refractivity contribution in [2.75, 3.05) is 0 Å². The van der Waals surface area contributed by atoms with E-state index in [-0.39, 0.29) is 26.2 Å². The van der Waals surface area contributed by atoms with Crippen molar-refractivity contribution < 1.29 is 26.2 Å². The molecule has 0 unspecified atom stereocenters. The minimum atomic E-state index is 0. The zero-order valence-corrected chi connectivity index (χ0v) is 13.1. The van der Waals surface area contributed by atoms with Crippen molar-refractivity contribution in [3.05, 3.63) is 82.8 Å². The fourth-order valence-electron chi connectivity index (χ4n) is 0.767. The summed E-state index contributed by atoms with van der Waals surface area (Å²) in [5.74, 6) is 0. The molecule has 2 aliphatic rings. The van der Waals surface area contributed by atoms with E-state index in [2.05, 4.69) is 13.0 Å². The molecule has 0 spiro atoms. The molecule has 2 fully saturated rings. The van der Waals surface area contributed by atoms with Crippen LogP contribution >= 0.6 is 0 Å². The summed E-state index contributed by atoms with van der Waals surface area (Å²) >= 11 is 0. The van der Waals surface area contributed by atoms with E-state index in [1.807, 2.05) is 78.1 Å². The van der Waals surface area contributed by atoms with Crippen LogP contribution in [0.5, 0.6) is 0 Å². The van der Waals surface area contributed by atoms with Gasteiger partial charge in [-0.05, 0) is 64.2 Å². The molecule has 0 saturated heterocycles. The van der Waals surface area contributed by atoms with Gasteiger partial charge in [-0.15, -0.1) is 0 Å². The quantitative estimate of drug-likeness (QED) is 0.642. The van der Waals surface area contributed by atoms with Crippen molar-refractivity contribution in [3.63, 3.8) is 0 Å². The molecule has 10 radical (unpaired) electrons. The molecule has 0 bridgehead atoms. The monoisotopic (exact) mass is 302 g/mol. The van der Waals surface area contributed by atoms with Gasteiger partial charge in [-0.3, -0.25) is 5.57 Å². The summed E-state index contributed by atoms with van der Waals surface area (Å²) in [5, 5.41) is 0. The van der Waals surface area contributed by atoms with Crippen LogP contribution in [0.1, 0.15) is 20.3 Å². The maximum atomic E-state index is 3.66. The van der Waals surface area contributed by atoms with E-state index in [4.69, 9.17) is 0 Å². The number of rotatable bonds is 1. The van der Waals surface area contributed by atoms with Crippen molar-refractivity contribution in [2.45, 2.75) is 20.3 Å². The smallest absolute Gasteiger partial charge is 0.503 e. The predicted molar refractivity (Wildman–Crippen MR) is 71.1 cm³/mol. The van der Waals surface area contributed by atoms with E-state index in [9.17, 15) is 0 Å². The Morgan fingerprint density at radius 3 is 1.12 bits per heavy atom. The summed E-state index contributed by atoms with van der Waals surface area (Å²) in [6.45, 7) is 7.58. The van der Waals surface area contributed by atoms with Gasteiger partial charge in [0.05, 0.1) is 0 Å². The van der Waals surface area contributed by atoms with Crippen LogP contribution < -0.4 is 0 Å². The van der Waals surface area contributed by atoms with Gasteiger partial charge in [-0.2, -0.15) is 13.3 Å². The van der Waals surface area contributed by atoms with Gasteiger partial charge in [0, 0.05) is 0 Å². The van der Waals surface area contributed by atoms with E-state index >= 15 is 0 Å². The Morgan fingerprint density at radius 2 is 1.06 bits per heavy atom. The van der Waals surface area contributed by atoms with Crippen molar-refractivity contribution in [1.82, 2.24) is 0 Å². The first-order valence-electron chi connectivity index (χ1n) is 5.44. The topological polar surface area (TPSA) is 0 Å². The molecule has 0 amide bonds. The number of allylic oxidation sites excluding steroid dienone is 2. The SMILES string of the molecule is [CH2-]CC(C)=[C-]C.[CH]1[CH][CH][CH][CH]1.[CH]1[CH][CH][CH][CH]1.[Zr+2]. The fourth-order valence-corrected chi connectivity index (χ4v) is 0.767. The maximum Gasteiger partial charge on any atom is 2.00 e. The van der Waals surface area contributed by atoms with Crippen LogP contribution in [0.3, 0.4) is 0 Å². The molecule has 0 atom stereocenters. The molecule has 2 aliphatic carbocycles. The van der Waals surface area contributed by atoms with Crippen molar-refractivity contribution in [3.8, 4) is 0 Å². The Labute approximate surface area is 129 Å². The van der Waals surface area contributed by atoms with Crippen molar-refractivity contribution in [1.29, 1.82) is 0 Å². The second-order valence-electron chi connectivity index (χ2n) is 3.20. The molecule has 0 aromatic heterocycles. The molecule has 88 valence electrons. The second-order valence-corrected chi connectivity index (χ2v) is 3.20. The molecule has 2 saturated carbocycles. The third-order valence-electron chi connectivity index (χ3n) is 1.91. The summed E-state index contributed by atoms with van der Waals surface area (Å²) in [6.07, 6.45) is 23.9. The molecule has 0 aliphatic heterocycles. The largest absolute Gasteiger partial charge is 2.00 e. The molecular weight excluding hydrogens is 283 g/mol. The van der Waals surface area contributed by atoms with E-state index in [1.165, 1.54) is 5.57 Å². The van der Waals surface area contributed by atoms with Crippen LogP contribution in [0.4, 0.5) is 0 Å². The van der Waals surface area contributed by atoms with Crippen LogP contribution in [0, 0.1) is 77.2 Å². The van der Waals surface area contributed by atoms with Gasteiger partial charge >= 0.3 is 26.2 Å². The molecule has 0 aromatic rings. The number of hydrogen-bond acceptors (Lipinski definition) is 0. The van der Waals surface area contributed by atoms with Crippen LogP contribution in [0.2, 0.25) is 0 Å². The molecule has 1 heteroatoms. The normalized spacial score (nSPS) is 18.4. The van der Waals surface area contributed by atoms with Gasteiger partial charge in [0.15, 0.2) is 0 Å². The van der Waals surface area contributed by atoms with Gasteiger partial charge in [-0.1, -0.05) is 6.92 Å². The molecule has 0 heterocycles. The van der Waals surface area contributed by atoms with Crippen LogP contribution in [-0.2, 0) is 26.2 Å². The Bertz CT molecular complexity index is 128. The first kappa shape index (κ1) is 20.0. The predicted octanol–water partition coefficient (Wildman–Crippen LogP) is 4.02. The Kier molecular flexibility index (Phi) is 19.5. The minimum absolute atomic E-state index is 0. The van der Waals surface area contributed by atoms with Crippen LogP contribution in [0.25, 0.3) is 0 Å². The molecule has 2 rings (SSSR count).